The van der Waals surface area contributed by atoms with Gasteiger partial charge in [0.25, 0.3) is 0 Å². The number of methoxy groups -OCH3 is 3. The highest BCUT2D eigenvalue weighted by Crippen LogP contribution is 2.39. The second kappa shape index (κ2) is 8.09. The first-order chi connectivity index (χ1) is 11.9. The zero-order valence-corrected chi connectivity index (χ0v) is 15.1. The first kappa shape index (κ1) is 18.9. The maximum Gasteiger partial charge on any atom is 0.343 e. The monoisotopic (exact) mass is 384 g/mol. The van der Waals surface area contributed by atoms with Crippen molar-refractivity contribution in [3.8, 4) is 23.0 Å². The SMILES string of the molecule is COc1cc(C(=O)Oc2c(Cl)cc(Cl)cc2C=O)cc(OC)c1OC. The van der Waals surface area contributed by atoms with Crippen molar-refractivity contribution in [2.24, 2.45) is 0 Å². The van der Waals surface area contributed by atoms with Crippen LogP contribution in [-0.2, 0) is 0 Å². The Labute approximate surface area is 154 Å². The smallest absolute Gasteiger partial charge is 0.343 e. The van der Waals surface area contributed by atoms with Crippen LogP contribution in [0.15, 0.2) is 24.3 Å². The lowest BCUT2D eigenvalue weighted by atomic mass is 10.1. The molecule has 132 valence electrons. The predicted molar refractivity (Wildman–Crippen MR) is 92.9 cm³/mol. The molecular weight excluding hydrogens is 371 g/mol. The number of hydrogen-bond acceptors (Lipinski definition) is 6. The van der Waals surface area contributed by atoms with E-state index >= 15 is 0 Å². The van der Waals surface area contributed by atoms with Crippen LogP contribution in [0.3, 0.4) is 0 Å². The van der Waals surface area contributed by atoms with Crippen molar-refractivity contribution in [3.63, 3.8) is 0 Å². The molecule has 8 heteroatoms. The number of aldehydes is 1. The third-order valence-electron chi connectivity index (χ3n) is 3.26. The number of carbonyl (C=O) groups excluding carboxylic acids is 2. The average Bonchev–Trinajstić information content (AvgIpc) is 2.61. The number of rotatable bonds is 6. The fourth-order valence-electron chi connectivity index (χ4n) is 2.13. The molecule has 0 radical (unpaired) electrons. The van der Waals surface area contributed by atoms with Crippen molar-refractivity contribution < 1.29 is 28.5 Å². The van der Waals surface area contributed by atoms with E-state index in [1.807, 2.05) is 0 Å². The van der Waals surface area contributed by atoms with Crippen molar-refractivity contribution in [2.45, 2.75) is 0 Å². The van der Waals surface area contributed by atoms with Gasteiger partial charge < -0.3 is 18.9 Å². The summed E-state index contributed by atoms with van der Waals surface area (Å²) in [5, 5.41) is 0.287. The first-order valence-corrected chi connectivity index (χ1v) is 7.67. The van der Waals surface area contributed by atoms with Crippen LogP contribution in [0, 0.1) is 0 Å². The van der Waals surface area contributed by atoms with Crippen LogP contribution in [0.5, 0.6) is 23.0 Å². The van der Waals surface area contributed by atoms with Crippen LogP contribution >= 0.6 is 23.2 Å². The second-order valence-corrected chi connectivity index (χ2v) is 5.57. The summed E-state index contributed by atoms with van der Waals surface area (Å²) >= 11 is 11.9. The van der Waals surface area contributed by atoms with Gasteiger partial charge in [0.1, 0.15) is 0 Å². The number of esters is 1. The molecule has 2 aromatic carbocycles. The maximum atomic E-state index is 12.5. The van der Waals surface area contributed by atoms with Crippen molar-refractivity contribution in [1.82, 2.24) is 0 Å². The highest BCUT2D eigenvalue weighted by molar-refractivity contribution is 6.36. The van der Waals surface area contributed by atoms with Gasteiger partial charge in [-0.05, 0) is 24.3 Å². The predicted octanol–water partition coefficient (Wildman–Crippen LogP) is 4.05. The number of ether oxygens (including phenoxy) is 4. The Hall–Kier alpha value is -2.44. The number of hydrogen-bond donors (Lipinski definition) is 0. The van der Waals surface area contributed by atoms with E-state index in [0.29, 0.717) is 12.0 Å². The van der Waals surface area contributed by atoms with Gasteiger partial charge in [0.2, 0.25) is 5.75 Å². The summed E-state index contributed by atoms with van der Waals surface area (Å²) in [6.07, 6.45) is 0.496. The second-order valence-electron chi connectivity index (χ2n) is 4.73. The van der Waals surface area contributed by atoms with Gasteiger partial charge in [-0.2, -0.15) is 0 Å². The minimum Gasteiger partial charge on any atom is -0.493 e. The van der Waals surface area contributed by atoms with Gasteiger partial charge in [0, 0.05) is 5.02 Å². The summed E-state index contributed by atoms with van der Waals surface area (Å²) in [6, 6.07) is 5.56. The third-order valence-corrected chi connectivity index (χ3v) is 3.76. The summed E-state index contributed by atoms with van der Waals surface area (Å²) < 4.78 is 20.8. The Morgan fingerprint density at radius 3 is 2.00 bits per heavy atom. The Morgan fingerprint density at radius 2 is 1.52 bits per heavy atom. The summed E-state index contributed by atoms with van der Waals surface area (Å²) in [5.74, 6) is 0.0595. The summed E-state index contributed by atoms with van der Waals surface area (Å²) in [4.78, 5) is 23.6. The van der Waals surface area contributed by atoms with E-state index in [2.05, 4.69) is 0 Å². The van der Waals surface area contributed by atoms with Crippen molar-refractivity contribution >= 4 is 35.5 Å². The van der Waals surface area contributed by atoms with E-state index in [0.717, 1.165) is 0 Å². The summed E-state index contributed by atoms with van der Waals surface area (Å²) in [5.41, 5.74) is 0.177. The van der Waals surface area contributed by atoms with Gasteiger partial charge in [-0.3, -0.25) is 4.79 Å². The van der Waals surface area contributed by atoms with E-state index in [1.165, 1.54) is 45.6 Å². The minimum atomic E-state index is -0.758. The van der Waals surface area contributed by atoms with Gasteiger partial charge in [-0.1, -0.05) is 23.2 Å². The summed E-state index contributed by atoms with van der Waals surface area (Å²) in [7, 11) is 4.29. The van der Waals surface area contributed by atoms with Gasteiger partial charge in [0.15, 0.2) is 23.5 Å². The molecule has 0 unspecified atom stereocenters. The van der Waals surface area contributed by atoms with Crippen molar-refractivity contribution in [2.75, 3.05) is 21.3 Å². The van der Waals surface area contributed by atoms with Crippen LogP contribution in [0.1, 0.15) is 20.7 Å². The molecule has 0 saturated heterocycles. The molecule has 0 heterocycles. The fraction of sp³-hybridized carbons (Fsp3) is 0.176. The van der Waals surface area contributed by atoms with Gasteiger partial charge in [0.05, 0.1) is 37.5 Å². The largest absolute Gasteiger partial charge is 0.493 e. The molecule has 0 N–H and O–H groups in total. The van der Waals surface area contributed by atoms with Crippen LogP contribution in [-0.4, -0.2) is 33.6 Å². The molecule has 0 aliphatic rings. The molecule has 0 spiro atoms. The molecule has 0 amide bonds. The number of halogens is 2. The fourth-order valence-corrected chi connectivity index (χ4v) is 2.67. The molecule has 25 heavy (non-hydrogen) atoms. The molecule has 0 aromatic heterocycles. The molecule has 2 rings (SSSR count). The van der Waals surface area contributed by atoms with Gasteiger partial charge in [-0.15, -0.1) is 0 Å². The van der Waals surface area contributed by atoms with Gasteiger partial charge in [-0.25, -0.2) is 4.79 Å². The highest BCUT2D eigenvalue weighted by Gasteiger charge is 2.20. The lowest BCUT2D eigenvalue weighted by Crippen LogP contribution is -2.11. The Kier molecular flexibility index (Phi) is 6.12. The number of benzene rings is 2. The lowest BCUT2D eigenvalue weighted by Gasteiger charge is -2.14. The molecular formula is C17H14Cl2O6. The van der Waals surface area contributed by atoms with E-state index in [4.69, 9.17) is 42.1 Å². The van der Waals surface area contributed by atoms with Crippen LogP contribution in [0.2, 0.25) is 10.0 Å². The van der Waals surface area contributed by atoms with E-state index < -0.39 is 5.97 Å². The molecule has 2 aromatic rings. The average molecular weight is 385 g/mol. The minimum absolute atomic E-state index is 0.0374. The maximum absolute atomic E-state index is 12.5. The summed E-state index contributed by atoms with van der Waals surface area (Å²) in [6.45, 7) is 0. The molecule has 6 nitrogen and oxygen atoms in total. The van der Waals surface area contributed by atoms with Gasteiger partial charge >= 0.3 is 5.97 Å². The molecule has 0 aliphatic carbocycles. The Bertz CT molecular complexity index is 794. The normalized spacial score (nSPS) is 10.1. The van der Waals surface area contributed by atoms with Crippen molar-refractivity contribution in [3.05, 3.63) is 45.4 Å². The molecule has 0 fully saturated rings. The number of carbonyl (C=O) groups is 2. The molecule has 0 saturated carbocycles. The third kappa shape index (κ3) is 3.97. The van der Waals surface area contributed by atoms with Crippen LogP contribution in [0.4, 0.5) is 0 Å². The molecule has 0 bridgehead atoms. The zero-order chi connectivity index (χ0) is 18.6. The molecule has 0 aliphatic heterocycles. The van der Waals surface area contributed by atoms with Crippen LogP contribution < -0.4 is 18.9 Å². The lowest BCUT2D eigenvalue weighted by molar-refractivity contribution is 0.0732. The Balaban J connectivity index is 2.44. The van der Waals surface area contributed by atoms with Crippen molar-refractivity contribution in [1.29, 1.82) is 0 Å². The highest BCUT2D eigenvalue weighted by atomic mass is 35.5. The standard InChI is InChI=1S/C17H14Cl2O6/c1-22-13-5-9(6-14(23-2)16(13)24-3)17(21)25-15-10(8-20)4-11(18)7-12(15)19/h4-8H,1-3H3. The van der Waals surface area contributed by atoms with E-state index in [-0.39, 0.29) is 38.4 Å². The topological polar surface area (TPSA) is 71.1 Å². The quantitative estimate of drug-likeness (QED) is 0.425. The first-order valence-electron chi connectivity index (χ1n) is 6.91. The zero-order valence-electron chi connectivity index (χ0n) is 13.6. The van der Waals surface area contributed by atoms with Crippen LogP contribution in [0.25, 0.3) is 0 Å². The van der Waals surface area contributed by atoms with E-state index in [9.17, 15) is 9.59 Å². The molecule has 0 atom stereocenters. The Morgan fingerprint density at radius 1 is 0.920 bits per heavy atom. The van der Waals surface area contributed by atoms with E-state index in [1.54, 1.807) is 0 Å².